The molecule has 0 radical (unpaired) electrons. The van der Waals surface area contributed by atoms with Gasteiger partial charge in [0.05, 0.1) is 5.69 Å². The molecule has 0 aliphatic carbocycles. The number of thiophene rings is 1. The van der Waals surface area contributed by atoms with Gasteiger partial charge in [-0.05, 0) is 85.8 Å². The Balaban J connectivity index is 1.35. The first-order valence-corrected chi connectivity index (χ1v) is 19.0. The lowest BCUT2D eigenvalue weighted by molar-refractivity contribution is 0.590. The van der Waals surface area contributed by atoms with E-state index in [2.05, 4.69) is 178 Å². The summed E-state index contributed by atoms with van der Waals surface area (Å²) in [7, 11) is 0. The summed E-state index contributed by atoms with van der Waals surface area (Å²) < 4.78 is 2.66. The molecule has 0 spiro atoms. The molecule has 244 valence electrons. The number of para-hydroxylation sites is 2. The van der Waals surface area contributed by atoms with Gasteiger partial charge in [-0.1, -0.05) is 132 Å². The molecule has 4 heterocycles. The van der Waals surface area contributed by atoms with E-state index in [1.54, 1.807) is 0 Å². The largest absolute Gasteiger partial charge is 0.376 e. The summed E-state index contributed by atoms with van der Waals surface area (Å²) in [6.07, 6.45) is 0. The highest BCUT2D eigenvalue weighted by Gasteiger charge is 2.50. The zero-order valence-corrected chi connectivity index (χ0v) is 30.4. The molecule has 0 amide bonds. The normalized spacial score (nSPS) is 15.2. The zero-order valence-electron chi connectivity index (χ0n) is 29.6. The fraction of sp³-hybridized carbons (Fsp3) is 0.149. The van der Waals surface area contributed by atoms with Gasteiger partial charge in [0.2, 0.25) is 0 Å². The summed E-state index contributed by atoms with van der Waals surface area (Å²) >= 11 is 1.91. The van der Waals surface area contributed by atoms with Gasteiger partial charge in [-0.25, -0.2) is 0 Å². The molecule has 11 rings (SSSR count). The third-order valence-electron chi connectivity index (χ3n) is 12.0. The Bertz CT molecular complexity index is 2780. The molecule has 0 fully saturated rings. The Labute approximate surface area is 303 Å². The second kappa shape index (κ2) is 9.93. The van der Waals surface area contributed by atoms with Crippen LogP contribution in [0.4, 0.5) is 28.4 Å². The molecule has 51 heavy (non-hydrogen) atoms. The van der Waals surface area contributed by atoms with E-state index in [0.717, 1.165) is 0 Å². The van der Waals surface area contributed by atoms with E-state index in [9.17, 15) is 0 Å². The smallest absolute Gasteiger partial charge is 0.333 e. The first-order chi connectivity index (χ1) is 24.7. The van der Waals surface area contributed by atoms with Crippen LogP contribution in [0.2, 0.25) is 0 Å². The second-order valence-corrected chi connectivity index (χ2v) is 17.2. The summed E-state index contributed by atoms with van der Waals surface area (Å²) in [6.45, 7) is 11.7. The van der Waals surface area contributed by atoms with Crippen LogP contribution >= 0.6 is 11.3 Å². The van der Waals surface area contributed by atoms with Crippen LogP contribution in [0, 0.1) is 0 Å². The molecule has 7 aromatic carbocycles. The molecule has 0 saturated heterocycles. The van der Waals surface area contributed by atoms with E-state index < -0.39 is 0 Å². The Kier molecular flexibility index (Phi) is 5.73. The predicted molar refractivity (Wildman–Crippen MR) is 221 cm³/mol. The van der Waals surface area contributed by atoms with Crippen LogP contribution in [0.3, 0.4) is 0 Å². The van der Waals surface area contributed by atoms with Gasteiger partial charge in [-0.3, -0.25) is 0 Å². The molecule has 8 aromatic rings. The third kappa shape index (κ3) is 3.78. The summed E-state index contributed by atoms with van der Waals surface area (Å²) in [4.78, 5) is 5.32. The lowest BCUT2D eigenvalue weighted by Crippen LogP contribution is -2.62. The van der Waals surface area contributed by atoms with Crippen LogP contribution in [0.5, 0.6) is 0 Å². The van der Waals surface area contributed by atoms with Gasteiger partial charge in [-0.2, -0.15) is 0 Å². The minimum Gasteiger partial charge on any atom is -0.376 e. The number of benzene rings is 7. The van der Waals surface area contributed by atoms with E-state index in [1.165, 1.54) is 98.1 Å². The number of hydrogen-bond acceptors (Lipinski definition) is 3. The number of fused-ring (bicyclic) bond motifs is 12. The van der Waals surface area contributed by atoms with E-state index in [4.69, 9.17) is 0 Å². The van der Waals surface area contributed by atoms with E-state index >= 15 is 0 Å². The molecular weight excluding hydrogens is 635 g/mol. The van der Waals surface area contributed by atoms with Crippen molar-refractivity contribution in [2.24, 2.45) is 0 Å². The van der Waals surface area contributed by atoms with E-state index in [-0.39, 0.29) is 17.7 Å². The maximum atomic E-state index is 2.71. The van der Waals surface area contributed by atoms with Crippen molar-refractivity contribution < 1.29 is 0 Å². The van der Waals surface area contributed by atoms with Gasteiger partial charge in [0.1, 0.15) is 0 Å². The predicted octanol–water partition coefficient (Wildman–Crippen LogP) is 11.9. The lowest BCUT2D eigenvalue weighted by Gasteiger charge is -2.50. The Hall–Kier alpha value is -5.32. The summed E-state index contributed by atoms with van der Waals surface area (Å²) in [5.74, 6) is 0. The van der Waals surface area contributed by atoms with Crippen molar-refractivity contribution >= 4 is 88.5 Å². The van der Waals surface area contributed by atoms with Crippen molar-refractivity contribution in [2.45, 2.75) is 45.4 Å². The molecule has 0 saturated carbocycles. The molecule has 0 atom stereocenters. The van der Waals surface area contributed by atoms with Crippen molar-refractivity contribution in [3.05, 3.63) is 150 Å². The average molecular weight is 673 g/mol. The fourth-order valence-electron chi connectivity index (χ4n) is 9.55. The molecule has 0 N–H and O–H groups in total. The standard InChI is InChI=1S/C47H37BN2S/c1-46(2,3)29-21-23-30(24-22-29)50-44-33(25-26-40-42(44)32-15-8-11-20-39(32)51-40)41-31-14-7-6-13-28(31)27-38-43(41)48(50)36-18-12-17-35-45(36)49(38)37-19-10-9-16-34(37)47(35,4)5/h6-27H,1-5H3. The minimum atomic E-state index is -0.155. The van der Waals surface area contributed by atoms with E-state index in [1.807, 2.05) is 11.3 Å². The maximum Gasteiger partial charge on any atom is 0.333 e. The number of hydrogen-bond donors (Lipinski definition) is 0. The lowest BCUT2D eigenvalue weighted by atomic mass is 9.42. The van der Waals surface area contributed by atoms with Gasteiger partial charge < -0.3 is 9.71 Å². The first kappa shape index (κ1) is 29.4. The third-order valence-corrected chi connectivity index (χ3v) is 13.1. The van der Waals surface area contributed by atoms with Crippen LogP contribution in [0.1, 0.15) is 51.3 Å². The molecule has 2 nitrogen and oxygen atoms in total. The molecule has 1 aromatic heterocycles. The first-order valence-electron chi connectivity index (χ1n) is 18.1. The molecule has 3 aliphatic rings. The highest BCUT2D eigenvalue weighted by molar-refractivity contribution is 7.26. The Morgan fingerprint density at radius 1 is 0.627 bits per heavy atom. The van der Waals surface area contributed by atoms with Crippen LogP contribution in [-0.2, 0) is 10.8 Å². The molecule has 4 heteroatoms. The van der Waals surface area contributed by atoms with Gasteiger partial charge >= 0.3 is 6.85 Å². The monoisotopic (exact) mass is 672 g/mol. The van der Waals surface area contributed by atoms with Crippen molar-refractivity contribution in [3.63, 3.8) is 0 Å². The van der Waals surface area contributed by atoms with Crippen LogP contribution in [-0.4, -0.2) is 6.85 Å². The average Bonchev–Trinajstić information content (AvgIpc) is 3.53. The SMILES string of the molecule is CC(C)(C)c1ccc(N2B3c4cccc5c4N(c4ccccc4C5(C)C)c4cc5ccccc5c(c43)-c3ccc4sc5ccccc5c4c32)cc1. The Morgan fingerprint density at radius 3 is 2.18 bits per heavy atom. The van der Waals surface area contributed by atoms with Gasteiger partial charge in [0.25, 0.3) is 0 Å². The highest BCUT2D eigenvalue weighted by atomic mass is 32.1. The van der Waals surface area contributed by atoms with Crippen LogP contribution in [0.25, 0.3) is 42.1 Å². The summed E-state index contributed by atoms with van der Waals surface area (Å²) in [5.41, 5.74) is 15.9. The van der Waals surface area contributed by atoms with Crippen LogP contribution in [0.15, 0.2) is 133 Å². The molecule has 0 unspecified atom stereocenters. The number of nitrogens with zero attached hydrogens (tertiary/aromatic N) is 2. The van der Waals surface area contributed by atoms with Crippen molar-refractivity contribution in [3.8, 4) is 11.1 Å². The maximum absolute atomic E-state index is 2.71. The molecular formula is C47H37BN2S. The van der Waals surface area contributed by atoms with Crippen molar-refractivity contribution in [2.75, 3.05) is 9.71 Å². The van der Waals surface area contributed by atoms with E-state index in [0.29, 0.717) is 0 Å². The topological polar surface area (TPSA) is 6.48 Å². The van der Waals surface area contributed by atoms with Crippen molar-refractivity contribution in [1.29, 1.82) is 0 Å². The Morgan fingerprint density at radius 2 is 1.35 bits per heavy atom. The molecule has 0 bridgehead atoms. The summed E-state index contributed by atoms with van der Waals surface area (Å²) in [6, 6.07) is 50.9. The van der Waals surface area contributed by atoms with Gasteiger partial charge in [0, 0.05) is 53.9 Å². The fourth-order valence-corrected chi connectivity index (χ4v) is 10.7. The minimum absolute atomic E-state index is 0.0240. The number of anilines is 5. The second-order valence-electron chi connectivity index (χ2n) is 16.1. The van der Waals surface area contributed by atoms with Crippen molar-refractivity contribution in [1.82, 2.24) is 0 Å². The molecule has 3 aliphatic heterocycles. The zero-order chi connectivity index (χ0) is 34.4. The van der Waals surface area contributed by atoms with Gasteiger partial charge in [-0.15, -0.1) is 11.3 Å². The highest BCUT2D eigenvalue weighted by Crippen LogP contribution is 2.57. The quantitative estimate of drug-likeness (QED) is 0.160. The van der Waals surface area contributed by atoms with Gasteiger partial charge in [0.15, 0.2) is 0 Å². The van der Waals surface area contributed by atoms with Crippen LogP contribution < -0.4 is 20.6 Å². The summed E-state index contributed by atoms with van der Waals surface area (Å²) in [5, 5.41) is 5.27. The number of rotatable bonds is 1.